The van der Waals surface area contributed by atoms with Gasteiger partial charge in [0.25, 0.3) is 11.8 Å². The van der Waals surface area contributed by atoms with E-state index in [0.29, 0.717) is 48.5 Å². The number of hydrogen-bond acceptors (Lipinski definition) is 5. The van der Waals surface area contributed by atoms with Crippen molar-refractivity contribution in [2.45, 2.75) is 6.42 Å². The predicted octanol–water partition coefficient (Wildman–Crippen LogP) is 3.97. The van der Waals surface area contributed by atoms with Crippen LogP contribution >= 0.6 is 0 Å². The molecule has 4 rings (SSSR count). The van der Waals surface area contributed by atoms with E-state index in [2.05, 4.69) is 15.2 Å². The molecule has 7 nitrogen and oxygen atoms in total. The van der Waals surface area contributed by atoms with Crippen molar-refractivity contribution in [1.82, 2.24) is 9.88 Å². The number of rotatable bonds is 5. The fourth-order valence-corrected chi connectivity index (χ4v) is 3.81. The van der Waals surface area contributed by atoms with Crippen LogP contribution in [0, 0.1) is 11.6 Å². The number of pyridine rings is 1. The van der Waals surface area contributed by atoms with Crippen LogP contribution in [-0.4, -0.2) is 55.0 Å². The maximum atomic E-state index is 13.8. The second-order valence-corrected chi connectivity index (χ2v) is 7.85. The predicted molar refractivity (Wildman–Crippen MR) is 124 cm³/mol. The molecule has 9 heteroatoms. The third kappa shape index (κ3) is 5.31. The SMILES string of the molecule is COc1cccc(C(=O)N2CCCN(c3ccc(NC(=O)c4ccc(F)cc4F)cn3)CC2)c1. The number of anilines is 2. The highest BCUT2D eigenvalue weighted by molar-refractivity contribution is 6.04. The minimum Gasteiger partial charge on any atom is -0.497 e. The van der Waals surface area contributed by atoms with Crippen LogP contribution in [0.3, 0.4) is 0 Å². The van der Waals surface area contributed by atoms with Crippen LogP contribution in [0.25, 0.3) is 0 Å². The van der Waals surface area contributed by atoms with Crippen LogP contribution in [0.5, 0.6) is 5.75 Å². The smallest absolute Gasteiger partial charge is 0.258 e. The average molecular weight is 466 g/mol. The lowest BCUT2D eigenvalue weighted by atomic mass is 10.2. The third-order valence-corrected chi connectivity index (χ3v) is 5.61. The molecule has 0 bridgehead atoms. The normalized spacial score (nSPS) is 13.9. The summed E-state index contributed by atoms with van der Waals surface area (Å²) >= 11 is 0. The van der Waals surface area contributed by atoms with E-state index in [4.69, 9.17) is 4.74 Å². The van der Waals surface area contributed by atoms with Gasteiger partial charge in [-0.25, -0.2) is 13.8 Å². The summed E-state index contributed by atoms with van der Waals surface area (Å²) in [6.07, 6.45) is 2.26. The number of nitrogens with zero attached hydrogens (tertiary/aromatic N) is 3. The number of methoxy groups -OCH3 is 1. The zero-order chi connectivity index (χ0) is 24.1. The van der Waals surface area contributed by atoms with E-state index >= 15 is 0 Å². The molecule has 1 fully saturated rings. The van der Waals surface area contributed by atoms with Gasteiger partial charge in [0, 0.05) is 37.8 Å². The van der Waals surface area contributed by atoms with Gasteiger partial charge in [-0.15, -0.1) is 0 Å². The number of halogens is 2. The largest absolute Gasteiger partial charge is 0.497 e. The molecule has 34 heavy (non-hydrogen) atoms. The molecule has 2 amide bonds. The minimum absolute atomic E-state index is 0.0419. The first-order valence-electron chi connectivity index (χ1n) is 10.9. The maximum absolute atomic E-state index is 13.8. The van der Waals surface area contributed by atoms with Gasteiger partial charge < -0.3 is 19.9 Å². The molecular formula is C25H24F2N4O3. The standard InChI is InChI=1S/C25H24F2N4O3/c1-34-20-5-2-4-17(14-20)25(33)31-11-3-10-30(12-13-31)23-9-7-19(16-28-23)29-24(32)21-8-6-18(26)15-22(21)27/h2,4-9,14-16H,3,10-13H2,1H3,(H,29,32). The molecule has 0 radical (unpaired) electrons. The molecule has 2 heterocycles. The van der Waals surface area contributed by atoms with E-state index in [9.17, 15) is 18.4 Å². The molecular weight excluding hydrogens is 442 g/mol. The van der Waals surface area contributed by atoms with E-state index in [-0.39, 0.29) is 11.5 Å². The van der Waals surface area contributed by atoms with E-state index in [1.54, 1.807) is 43.5 Å². The summed E-state index contributed by atoms with van der Waals surface area (Å²) in [5.41, 5.74) is 0.726. The molecule has 176 valence electrons. The highest BCUT2D eigenvalue weighted by atomic mass is 19.1. The van der Waals surface area contributed by atoms with Crippen molar-refractivity contribution in [1.29, 1.82) is 0 Å². The quantitative estimate of drug-likeness (QED) is 0.616. The lowest BCUT2D eigenvalue weighted by Gasteiger charge is -2.23. The summed E-state index contributed by atoms with van der Waals surface area (Å²) in [5.74, 6) is -1.06. The Kier molecular flexibility index (Phi) is 7.01. The topological polar surface area (TPSA) is 74.8 Å². The van der Waals surface area contributed by atoms with E-state index in [1.807, 2.05) is 4.90 Å². The van der Waals surface area contributed by atoms with Crippen LogP contribution in [0.1, 0.15) is 27.1 Å². The van der Waals surface area contributed by atoms with Crippen LogP contribution in [0.2, 0.25) is 0 Å². The second kappa shape index (κ2) is 10.3. The zero-order valence-corrected chi connectivity index (χ0v) is 18.6. The van der Waals surface area contributed by atoms with Gasteiger partial charge >= 0.3 is 0 Å². The average Bonchev–Trinajstić information content (AvgIpc) is 3.10. The minimum atomic E-state index is -0.931. The molecule has 1 aliphatic heterocycles. The Balaban J connectivity index is 1.37. The number of amides is 2. The Bertz CT molecular complexity index is 1190. The van der Waals surface area contributed by atoms with Crippen molar-refractivity contribution in [3.8, 4) is 5.75 Å². The number of hydrogen-bond donors (Lipinski definition) is 1. The highest BCUT2D eigenvalue weighted by Crippen LogP contribution is 2.20. The lowest BCUT2D eigenvalue weighted by Crippen LogP contribution is -2.35. The van der Waals surface area contributed by atoms with E-state index in [0.717, 1.165) is 25.1 Å². The first-order valence-corrected chi connectivity index (χ1v) is 10.9. The Morgan fingerprint density at radius 3 is 2.59 bits per heavy atom. The summed E-state index contributed by atoms with van der Waals surface area (Å²) in [7, 11) is 1.57. The van der Waals surface area contributed by atoms with Gasteiger partial charge in [-0.1, -0.05) is 6.07 Å². The molecule has 1 aromatic heterocycles. The monoisotopic (exact) mass is 466 g/mol. The maximum Gasteiger partial charge on any atom is 0.258 e. The fourth-order valence-electron chi connectivity index (χ4n) is 3.81. The molecule has 0 unspecified atom stereocenters. The molecule has 0 atom stereocenters. The molecule has 0 saturated carbocycles. The zero-order valence-electron chi connectivity index (χ0n) is 18.6. The Labute approximate surface area is 196 Å². The summed E-state index contributed by atoms with van der Waals surface area (Å²) in [4.78, 5) is 33.5. The Morgan fingerprint density at radius 1 is 1.00 bits per heavy atom. The van der Waals surface area contributed by atoms with Gasteiger partial charge in [-0.05, 0) is 48.9 Å². The number of ether oxygens (including phenoxy) is 1. The molecule has 2 aromatic carbocycles. The van der Waals surface area contributed by atoms with Gasteiger partial charge in [0.1, 0.15) is 23.2 Å². The van der Waals surface area contributed by atoms with Crippen molar-refractivity contribution in [2.75, 3.05) is 43.5 Å². The van der Waals surface area contributed by atoms with Crippen molar-refractivity contribution >= 4 is 23.3 Å². The number of benzene rings is 2. The number of nitrogens with one attached hydrogen (secondary N) is 1. The van der Waals surface area contributed by atoms with Gasteiger partial charge in [-0.2, -0.15) is 0 Å². The van der Waals surface area contributed by atoms with E-state index < -0.39 is 17.5 Å². The van der Waals surface area contributed by atoms with Crippen LogP contribution in [0.4, 0.5) is 20.3 Å². The molecule has 1 N–H and O–H groups in total. The molecule has 1 saturated heterocycles. The first-order chi connectivity index (χ1) is 16.4. The summed E-state index contributed by atoms with van der Waals surface area (Å²) in [5, 5.41) is 2.56. The third-order valence-electron chi connectivity index (χ3n) is 5.61. The van der Waals surface area contributed by atoms with Crippen molar-refractivity contribution in [3.63, 3.8) is 0 Å². The van der Waals surface area contributed by atoms with Crippen molar-refractivity contribution in [3.05, 3.63) is 83.6 Å². The number of carbonyl (C=O) groups excluding carboxylic acids is 2. The lowest BCUT2D eigenvalue weighted by molar-refractivity contribution is 0.0766. The summed E-state index contributed by atoms with van der Waals surface area (Å²) in [6.45, 7) is 2.50. The van der Waals surface area contributed by atoms with Gasteiger partial charge in [0.15, 0.2) is 0 Å². The highest BCUT2D eigenvalue weighted by Gasteiger charge is 2.21. The summed E-state index contributed by atoms with van der Waals surface area (Å²) in [6, 6.07) is 13.3. The summed E-state index contributed by atoms with van der Waals surface area (Å²) < 4.78 is 32.1. The molecule has 0 aliphatic carbocycles. The Morgan fingerprint density at radius 2 is 1.85 bits per heavy atom. The first kappa shape index (κ1) is 23.2. The van der Waals surface area contributed by atoms with Gasteiger partial charge in [0.05, 0.1) is 24.6 Å². The fraction of sp³-hybridized carbons (Fsp3) is 0.240. The van der Waals surface area contributed by atoms with Gasteiger partial charge in [-0.3, -0.25) is 9.59 Å². The molecule has 1 aliphatic rings. The van der Waals surface area contributed by atoms with Gasteiger partial charge in [0.2, 0.25) is 0 Å². The molecule has 0 spiro atoms. The van der Waals surface area contributed by atoms with Crippen LogP contribution in [-0.2, 0) is 0 Å². The van der Waals surface area contributed by atoms with Crippen LogP contribution < -0.4 is 15.0 Å². The van der Waals surface area contributed by atoms with Crippen molar-refractivity contribution in [2.24, 2.45) is 0 Å². The van der Waals surface area contributed by atoms with Crippen LogP contribution in [0.15, 0.2) is 60.8 Å². The van der Waals surface area contributed by atoms with E-state index in [1.165, 1.54) is 6.20 Å². The van der Waals surface area contributed by atoms with Crippen molar-refractivity contribution < 1.29 is 23.1 Å². The molecule has 3 aromatic rings. The number of carbonyl (C=O) groups is 2. The number of aromatic nitrogens is 1. The Hall–Kier alpha value is -4.01. The second-order valence-electron chi connectivity index (χ2n) is 7.85.